The summed E-state index contributed by atoms with van der Waals surface area (Å²) in [5.74, 6) is -1.66. The second-order valence-electron chi connectivity index (χ2n) is 22.9. The van der Waals surface area contributed by atoms with E-state index < -0.39 is 11.9 Å². The molecule has 4 nitrogen and oxygen atoms in total. The lowest BCUT2D eigenvalue weighted by Crippen LogP contribution is -1.86. The predicted molar refractivity (Wildman–Crippen MR) is 315 cm³/mol. The number of carboxylic acid groups (broad SMARTS) is 2. The first-order valence-corrected chi connectivity index (χ1v) is 32.9. The molecule has 0 aliphatic carbocycles. The van der Waals surface area contributed by atoms with E-state index in [1.54, 1.807) is 12.2 Å². The molecule has 71 heavy (non-hydrogen) atoms. The molecule has 0 heterocycles. The van der Waals surface area contributed by atoms with Crippen molar-refractivity contribution in [3.63, 3.8) is 0 Å². The Hall–Kier alpha value is -1.58. The second-order valence-corrected chi connectivity index (χ2v) is 22.9. The molecule has 0 fully saturated rings. The highest BCUT2D eigenvalue weighted by Gasteiger charge is 2.01. The van der Waals surface area contributed by atoms with Crippen molar-refractivity contribution in [2.75, 3.05) is 0 Å². The van der Waals surface area contributed by atoms with Gasteiger partial charge in [-0.05, 0) is 25.7 Å². The maximum atomic E-state index is 10.4. The van der Waals surface area contributed by atoms with Crippen LogP contribution in [0.15, 0.2) is 24.3 Å². The molecule has 2 N–H and O–H groups in total. The van der Waals surface area contributed by atoms with Gasteiger partial charge in [-0.3, -0.25) is 0 Å². The molecule has 4 heteroatoms. The normalized spacial score (nSPS) is 11.8. The monoisotopic (exact) mass is 997 g/mol. The maximum Gasteiger partial charge on any atom is 0.327 e. The van der Waals surface area contributed by atoms with E-state index in [1.165, 1.54) is 378 Å². The molecule has 0 amide bonds. The van der Waals surface area contributed by atoms with Gasteiger partial charge in [0.2, 0.25) is 0 Å². The van der Waals surface area contributed by atoms with Gasteiger partial charge in [0.25, 0.3) is 0 Å². The Morgan fingerprint density at radius 3 is 0.338 bits per heavy atom. The van der Waals surface area contributed by atoms with E-state index in [-0.39, 0.29) is 0 Å². The zero-order chi connectivity index (χ0) is 51.1. The predicted octanol–water partition coefficient (Wildman–Crippen LogP) is 24.1. The number of hydrogen-bond acceptors (Lipinski definition) is 2. The molecule has 0 aromatic rings. The fourth-order valence-corrected chi connectivity index (χ4v) is 11.0. The van der Waals surface area contributed by atoms with Gasteiger partial charge in [-0.15, -0.1) is 0 Å². The lowest BCUT2D eigenvalue weighted by Gasteiger charge is -2.05. The van der Waals surface area contributed by atoms with Crippen molar-refractivity contribution in [2.24, 2.45) is 0 Å². The molecule has 0 aliphatic heterocycles. The second kappa shape index (κ2) is 64.5. The highest BCUT2D eigenvalue weighted by molar-refractivity contribution is 5.79. The van der Waals surface area contributed by atoms with E-state index >= 15 is 0 Å². The number of rotatable bonds is 64. The molecule has 0 aromatic heterocycles. The van der Waals surface area contributed by atoms with Gasteiger partial charge in [0.1, 0.15) is 0 Å². The fourth-order valence-electron chi connectivity index (χ4n) is 11.0. The maximum absolute atomic E-state index is 10.4. The molecule has 420 valence electrons. The van der Waals surface area contributed by atoms with Crippen LogP contribution < -0.4 is 0 Å². The molecule has 0 radical (unpaired) electrons. The van der Waals surface area contributed by atoms with Gasteiger partial charge in [-0.2, -0.15) is 0 Å². The van der Waals surface area contributed by atoms with Crippen LogP contribution in [0.5, 0.6) is 0 Å². The molecule has 0 atom stereocenters. The van der Waals surface area contributed by atoms with Gasteiger partial charge < -0.3 is 10.2 Å². The summed E-state index contributed by atoms with van der Waals surface area (Å²) in [5.41, 5.74) is 0. The Morgan fingerprint density at radius 1 is 0.169 bits per heavy atom. The summed E-state index contributed by atoms with van der Waals surface area (Å²) in [5, 5.41) is 17.2. The SMILES string of the molecule is O=C(O)C=CCCCCCCCCCCCCCCCCCCCCCCCCCCCCCCCCCCCCCCCCCCCCCCCCCCCCCCCCCCCCCC=CC(=O)O. The highest BCUT2D eigenvalue weighted by atomic mass is 16.4. The van der Waals surface area contributed by atoms with E-state index in [0.29, 0.717) is 0 Å². The summed E-state index contributed by atoms with van der Waals surface area (Å²) in [7, 11) is 0. The standard InChI is InChI=1S/C67H128O4/c68-66(69)64-62-60-58-56-54-52-50-48-46-44-42-40-38-36-34-32-30-28-26-24-22-20-18-16-14-12-10-8-6-4-2-1-3-5-7-9-11-13-15-17-19-21-23-25-27-29-31-33-35-37-39-41-43-45-47-49-51-53-55-57-59-61-63-65-67(70)71/h62-65H,1-61H2,(H,68,69)(H,70,71). The molecule has 0 aliphatic rings. The molecule has 0 saturated carbocycles. The summed E-state index contributed by atoms with van der Waals surface area (Å²) in [4.78, 5) is 20.9. The summed E-state index contributed by atoms with van der Waals surface area (Å²) in [6, 6.07) is 0. The van der Waals surface area contributed by atoms with Gasteiger partial charge in [-0.1, -0.05) is 378 Å². The number of hydrogen-bond donors (Lipinski definition) is 2. The van der Waals surface area contributed by atoms with Gasteiger partial charge in [-0.25, -0.2) is 9.59 Å². The smallest absolute Gasteiger partial charge is 0.327 e. The average Bonchev–Trinajstić information content (AvgIpc) is 3.36. The van der Waals surface area contributed by atoms with Crippen LogP contribution in [0.1, 0.15) is 392 Å². The minimum absolute atomic E-state index is 0.828. The Morgan fingerprint density at radius 2 is 0.254 bits per heavy atom. The average molecular weight is 998 g/mol. The summed E-state index contributed by atoms with van der Waals surface area (Å²) < 4.78 is 0. The lowest BCUT2D eigenvalue weighted by molar-refractivity contribution is -0.132. The number of aliphatic carboxylic acids is 2. The molecule has 0 bridgehead atoms. The summed E-state index contributed by atoms with van der Waals surface area (Å²) in [6.45, 7) is 0. The third-order valence-electron chi connectivity index (χ3n) is 15.8. The zero-order valence-corrected chi connectivity index (χ0v) is 48.2. The van der Waals surface area contributed by atoms with Crippen molar-refractivity contribution in [3.05, 3.63) is 24.3 Å². The number of carboxylic acids is 2. The van der Waals surface area contributed by atoms with E-state index in [0.717, 1.165) is 25.7 Å². The van der Waals surface area contributed by atoms with Crippen LogP contribution in [-0.4, -0.2) is 22.2 Å². The first-order valence-electron chi connectivity index (χ1n) is 32.9. The van der Waals surface area contributed by atoms with Crippen LogP contribution in [-0.2, 0) is 9.59 Å². The lowest BCUT2D eigenvalue weighted by atomic mass is 10.0. The molecule has 0 aromatic carbocycles. The van der Waals surface area contributed by atoms with Crippen molar-refractivity contribution in [1.29, 1.82) is 0 Å². The molecule has 0 rings (SSSR count). The Kier molecular flexibility index (Phi) is 63.1. The minimum atomic E-state index is -0.828. The van der Waals surface area contributed by atoms with Crippen LogP contribution >= 0.6 is 0 Å². The fraction of sp³-hybridized carbons (Fsp3) is 0.910. The third-order valence-corrected chi connectivity index (χ3v) is 15.8. The Labute approximate surface area is 445 Å². The van der Waals surface area contributed by atoms with Crippen LogP contribution in [0.25, 0.3) is 0 Å². The van der Waals surface area contributed by atoms with Crippen LogP contribution in [0.3, 0.4) is 0 Å². The van der Waals surface area contributed by atoms with Crippen LogP contribution in [0, 0.1) is 0 Å². The molecular weight excluding hydrogens is 869 g/mol. The molecule has 0 unspecified atom stereocenters. The van der Waals surface area contributed by atoms with Gasteiger partial charge in [0.05, 0.1) is 0 Å². The third kappa shape index (κ3) is 68.4. The quantitative estimate of drug-likeness (QED) is 0.0470. The topological polar surface area (TPSA) is 74.6 Å². The largest absolute Gasteiger partial charge is 0.478 e. The van der Waals surface area contributed by atoms with Crippen molar-refractivity contribution in [1.82, 2.24) is 0 Å². The van der Waals surface area contributed by atoms with Gasteiger partial charge in [0, 0.05) is 12.2 Å². The van der Waals surface area contributed by atoms with Crippen molar-refractivity contribution < 1.29 is 19.8 Å². The van der Waals surface area contributed by atoms with Crippen LogP contribution in [0.2, 0.25) is 0 Å². The highest BCUT2D eigenvalue weighted by Crippen LogP contribution is 2.20. The Balaban J connectivity index is 3.09. The Bertz CT molecular complexity index is 982. The van der Waals surface area contributed by atoms with Crippen molar-refractivity contribution in [2.45, 2.75) is 392 Å². The summed E-state index contributed by atoms with van der Waals surface area (Å²) >= 11 is 0. The van der Waals surface area contributed by atoms with Gasteiger partial charge >= 0.3 is 11.9 Å². The summed E-state index contributed by atoms with van der Waals surface area (Å²) in [6.07, 6.45) is 92.4. The van der Waals surface area contributed by atoms with Gasteiger partial charge in [0.15, 0.2) is 0 Å². The minimum Gasteiger partial charge on any atom is -0.478 e. The zero-order valence-electron chi connectivity index (χ0n) is 48.2. The molecular formula is C67H128O4. The van der Waals surface area contributed by atoms with E-state index in [2.05, 4.69) is 0 Å². The first-order chi connectivity index (χ1) is 35.1. The van der Waals surface area contributed by atoms with E-state index in [9.17, 15) is 9.59 Å². The number of unbranched alkanes of at least 4 members (excludes halogenated alkanes) is 60. The first kappa shape index (κ1) is 69.4. The van der Waals surface area contributed by atoms with E-state index in [1.807, 2.05) is 0 Å². The number of allylic oxidation sites excluding steroid dienone is 2. The van der Waals surface area contributed by atoms with Crippen molar-refractivity contribution >= 4 is 11.9 Å². The van der Waals surface area contributed by atoms with Crippen molar-refractivity contribution in [3.8, 4) is 0 Å². The number of carbonyl (C=O) groups is 2. The van der Waals surface area contributed by atoms with E-state index in [4.69, 9.17) is 10.2 Å². The molecule has 0 saturated heterocycles. The molecule has 0 spiro atoms. The van der Waals surface area contributed by atoms with Crippen LogP contribution in [0.4, 0.5) is 0 Å².